The van der Waals surface area contributed by atoms with E-state index in [1.54, 1.807) is 32.4 Å². The minimum atomic E-state index is -0.707. The zero-order valence-electron chi connectivity index (χ0n) is 24.2. The van der Waals surface area contributed by atoms with Gasteiger partial charge in [0.2, 0.25) is 0 Å². The lowest BCUT2D eigenvalue weighted by atomic mass is 9.71. The van der Waals surface area contributed by atoms with Crippen molar-refractivity contribution in [3.63, 3.8) is 0 Å². The first-order chi connectivity index (χ1) is 20.3. The SMILES string of the molecule is COc1ccc([C@@H]2C(C(=O)OCCc3ccccc3)=C(C)NC3=C2C(=O)C[C@@H](c2ccc(OC)c(OC)c2)C3)cc1O. The molecule has 8 heteroatoms. The van der Waals surface area contributed by atoms with Gasteiger partial charge in [-0.3, -0.25) is 4.79 Å². The highest BCUT2D eigenvalue weighted by molar-refractivity contribution is 6.04. The fourth-order valence-corrected chi connectivity index (χ4v) is 5.86. The van der Waals surface area contributed by atoms with Crippen LogP contribution in [-0.2, 0) is 20.7 Å². The summed E-state index contributed by atoms with van der Waals surface area (Å²) in [6.07, 6.45) is 1.38. The van der Waals surface area contributed by atoms with Crippen molar-refractivity contribution in [1.82, 2.24) is 5.32 Å². The van der Waals surface area contributed by atoms with Gasteiger partial charge in [0.15, 0.2) is 28.8 Å². The van der Waals surface area contributed by atoms with Crippen LogP contribution in [0.15, 0.2) is 89.3 Å². The molecule has 0 spiro atoms. The van der Waals surface area contributed by atoms with Gasteiger partial charge in [-0.25, -0.2) is 4.79 Å². The summed E-state index contributed by atoms with van der Waals surface area (Å²) in [6.45, 7) is 2.01. The lowest BCUT2D eigenvalue weighted by Crippen LogP contribution is -2.36. The largest absolute Gasteiger partial charge is 0.504 e. The quantitative estimate of drug-likeness (QED) is 0.323. The van der Waals surface area contributed by atoms with Crippen molar-refractivity contribution in [2.24, 2.45) is 0 Å². The van der Waals surface area contributed by atoms with Gasteiger partial charge in [0.25, 0.3) is 0 Å². The summed E-state index contributed by atoms with van der Waals surface area (Å²) in [7, 11) is 4.64. The molecule has 218 valence electrons. The van der Waals surface area contributed by atoms with E-state index in [2.05, 4.69) is 5.32 Å². The predicted octanol–water partition coefficient (Wildman–Crippen LogP) is 5.57. The lowest BCUT2D eigenvalue weighted by Gasteiger charge is -2.37. The minimum absolute atomic E-state index is 0.0726. The zero-order valence-corrected chi connectivity index (χ0v) is 24.2. The number of esters is 1. The fourth-order valence-electron chi connectivity index (χ4n) is 5.86. The Bertz CT molecular complexity index is 1560. The molecule has 0 bridgehead atoms. The third-order valence-electron chi connectivity index (χ3n) is 7.93. The van der Waals surface area contributed by atoms with Crippen LogP contribution in [-0.4, -0.2) is 44.8 Å². The van der Waals surface area contributed by atoms with Crippen molar-refractivity contribution < 1.29 is 33.6 Å². The van der Waals surface area contributed by atoms with Gasteiger partial charge in [-0.1, -0.05) is 42.5 Å². The number of allylic oxidation sites excluding steroid dienone is 3. The standard InChI is InChI=1S/C34H35NO7/c1-20-31(34(38)42-15-14-21-8-6-5-7-9-21)32(23-11-12-28(39-2)26(36)17-23)33-25(35-20)16-24(18-27(33)37)22-10-13-29(40-3)30(19-22)41-4/h5-13,17,19,24,32,35-36H,14-16,18H2,1-4H3/t24-,32+/m0/s1. The summed E-state index contributed by atoms with van der Waals surface area (Å²) in [5.41, 5.74) is 4.85. The van der Waals surface area contributed by atoms with Crippen molar-refractivity contribution in [2.45, 2.75) is 38.0 Å². The Balaban J connectivity index is 1.49. The van der Waals surface area contributed by atoms with E-state index in [1.165, 1.54) is 7.11 Å². The Morgan fingerprint density at radius 3 is 2.26 bits per heavy atom. The van der Waals surface area contributed by atoms with E-state index < -0.39 is 11.9 Å². The van der Waals surface area contributed by atoms with Crippen LogP contribution < -0.4 is 19.5 Å². The van der Waals surface area contributed by atoms with Gasteiger partial charge in [0.05, 0.1) is 33.5 Å². The number of ether oxygens (including phenoxy) is 4. The normalized spacial score (nSPS) is 18.2. The monoisotopic (exact) mass is 569 g/mol. The maximum atomic E-state index is 13.9. The third kappa shape index (κ3) is 5.70. The summed E-state index contributed by atoms with van der Waals surface area (Å²) in [6, 6.07) is 20.5. The van der Waals surface area contributed by atoms with Crippen molar-refractivity contribution in [3.8, 4) is 23.0 Å². The van der Waals surface area contributed by atoms with E-state index in [1.807, 2.05) is 55.5 Å². The topological polar surface area (TPSA) is 103 Å². The third-order valence-corrected chi connectivity index (χ3v) is 7.93. The van der Waals surface area contributed by atoms with Crippen LogP contribution >= 0.6 is 0 Å². The minimum Gasteiger partial charge on any atom is -0.504 e. The summed E-state index contributed by atoms with van der Waals surface area (Å²) < 4.78 is 21.9. The van der Waals surface area contributed by atoms with Crippen molar-refractivity contribution >= 4 is 11.8 Å². The Hall–Kier alpha value is -4.72. The van der Waals surface area contributed by atoms with Crippen LogP contribution in [0.3, 0.4) is 0 Å². The molecule has 1 aliphatic carbocycles. The lowest BCUT2D eigenvalue weighted by molar-refractivity contribution is -0.139. The van der Waals surface area contributed by atoms with E-state index in [-0.39, 0.29) is 30.5 Å². The fraction of sp³-hybridized carbons (Fsp3) is 0.294. The Labute approximate surface area is 245 Å². The molecule has 3 aromatic rings. The molecule has 0 saturated carbocycles. The number of hydrogen-bond donors (Lipinski definition) is 2. The number of dihydropyridines is 1. The van der Waals surface area contributed by atoms with Crippen molar-refractivity contribution in [1.29, 1.82) is 0 Å². The second-order valence-corrected chi connectivity index (χ2v) is 10.4. The molecule has 1 aliphatic heterocycles. The molecule has 0 saturated heterocycles. The van der Waals surface area contributed by atoms with Crippen LogP contribution in [0.2, 0.25) is 0 Å². The molecule has 0 unspecified atom stereocenters. The smallest absolute Gasteiger partial charge is 0.336 e. The molecule has 0 fully saturated rings. The maximum Gasteiger partial charge on any atom is 0.336 e. The van der Waals surface area contributed by atoms with Crippen molar-refractivity contribution in [2.75, 3.05) is 27.9 Å². The number of Topliss-reactive ketones (excluding diaryl/α,β-unsaturated/α-hetero) is 1. The number of carbonyl (C=O) groups excluding carboxylic acids is 2. The molecule has 2 aliphatic rings. The summed E-state index contributed by atoms with van der Waals surface area (Å²) in [5, 5.41) is 14.0. The summed E-state index contributed by atoms with van der Waals surface area (Å²) in [5.74, 6) is 0.0645. The van der Waals surface area contributed by atoms with Crippen LogP contribution in [0.4, 0.5) is 0 Å². The van der Waals surface area contributed by atoms with E-state index in [0.717, 1.165) is 16.8 Å². The highest BCUT2D eigenvalue weighted by Crippen LogP contribution is 2.47. The molecule has 3 aromatic carbocycles. The number of phenols is 1. The predicted molar refractivity (Wildman–Crippen MR) is 158 cm³/mol. The van der Waals surface area contributed by atoms with Gasteiger partial charge in [0, 0.05) is 35.7 Å². The van der Waals surface area contributed by atoms with Crippen LogP contribution in [0.25, 0.3) is 0 Å². The molecular formula is C34H35NO7. The highest BCUT2D eigenvalue weighted by atomic mass is 16.5. The summed E-state index contributed by atoms with van der Waals surface area (Å²) >= 11 is 0. The molecule has 2 N–H and O–H groups in total. The molecule has 0 aromatic heterocycles. The van der Waals surface area contributed by atoms with Gasteiger partial charge in [-0.2, -0.15) is 0 Å². The van der Waals surface area contributed by atoms with E-state index in [9.17, 15) is 14.7 Å². The number of aromatic hydroxyl groups is 1. The average Bonchev–Trinajstić information content (AvgIpc) is 3.00. The summed E-state index contributed by atoms with van der Waals surface area (Å²) in [4.78, 5) is 27.6. The van der Waals surface area contributed by atoms with Gasteiger partial charge in [0.1, 0.15) is 0 Å². The zero-order chi connectivity index (χ0) is 29.8. The number of nitrogens with one attached hydrogen (secondary N) is 1. The molecule has 1 heterocycles. The second kappa shape index (κ2) is 12.4. The first kappa shape index (κ1) is 28.8. The van der Waals surface area contributed by atoms with Gasteiger partial charge in [-0.15, -0.1) is 0 Å². The van der Waals surface area contributed by atoms with E-state index >= 15 is 0 Å². The van der Waals surface area contributed by atoms with Gasteiger partial charge in [-0.05, 0) is 60.2 Å². The van der Waals surface area contributed by atoms with Gasteiger partial charge < -0.3 is 29.4 Å². The number of hydrogen-bond acceptors (Lipinski definition) is 8. The molecule has 0 amide bonds. The molecule has 5 rings (SSSR count). The second-order valence-electron chi connectivity index (χ2n) is 10.4. The Morgan fingerprint density at radius 2 is 1.57 bits per heavy atom. The number of ketones is 1. The maximum absolute atomic E-state index is 13.9. The van der Waals surface area contributed by atoms with Crippen LogP contribution in [0.5, 0.6) is 23.0 Å². The molecular weight excluding hydrogens is 534 g/mol. The molecule has 0 radical (unpaired) electrons. The highest BCUT2D eigenvalue weighted by Gasteiger charge is 2.41. The van der Waals surface area contributed by atoms with Gasteiger partial charge >= 0.3 is 5.97 Å². The van der Waals surface area contributed by atoms with Crippen LogP contribution in [0, 0.1) is 0 Å². The van der Waals surface area contributed by atoms with Crippen LogP contribution in [0.1, 0.15) is 48.3 Å². The van der Waals surface area contributed by atoms with E-state index in [0.29, 0.717) is 52.5 Å². The van der Waals surface area contributed by atoms with Crippen molar-refractivity contribution in [3.05, 3.63) is 106 Å². The number of benzene rings is 3. The Kier molecular flexibility index (Phi) is 8.52. The molecule has 8 nitrogen and oxygen atoms in total. The molecule has 42 heavy (non-hydrogen) atoms. The van der Waals surface area contributed by atoms with E-state index in [4.69, 9.17) is 18.9 Å². The molecule has 2 atom stereocenters. The number of rotatable bonds is 9. The number of phenolic OH excluding ortho intramolecular Hbond substituents is 1. The first-order valence-corrected chi connectivity index (χ1v) is 13.9. The number of methoxy groups -OCH3 is 3. The number of carbonyl (C=O) groups is 2. The average molecular weight is 570 g/mol. The Morgan fingerprint density at radius 1 is 0.881 bits per heavy atom. The first-order valence-electron chi connectivity index (χ1n) is 13.9.